The minimum Gasteiger partial charge on any atom is -0.382 e. The Hall–Kier alpha value is -3.22. The fourth-order valence-corrected chi connectivity index (χ4v) is 5.33. The minimum atomic E-state index is -4.55. The quantitative estimate of drug-likeness (QED) is 0.566. The average Bonchev–Trinajstić information content (AvgIpc) is 3.39. The van der Waals surface area contributed by atoms with Crippen LogP contribution in [0.2, 0.25) is 0 Å². The predicted molar refractivity (Wildman–Crippen MR) is 115 cm³/mol. The summed E-state index contributed by atoms with van der Waals surface area (Å²) < 4.78 is 67.2. The average molecular weight is 494 g/mol. The van der Waals surface area contributed by atoms with Crippen LogP contribution in [0.1, 0.15) is 21.5 Å². The second kappa shape index (κ2) is 8.53. The van der Waals surface area contributed by atoms with Gasteiger partial charge in [0.15, 0.2) is 5.03 Å². The Kier molecular flexibility index (Phi) is 6.00. The molecule has 1 fully saturated rings. The van der Waals surface area contributed by atoms with E-state index in [0.29, 0.717) is 5.56 Å². The first kappa shape index (κ1) is 23.9. The topological polar surface area (TPSA) is 105 Å². The molecule has 1 aliphatic heterocycles. The van der Waals surface area contributed by atoms with Gasteiger partial charge in [-0.3, -0.25) is 4.79 Å². The number of amides is 1. The smallest absolute Gasteiger partial charge is 0.382 e. The van der Waals surface area contributed by atoms with E-state index in [9.17, 15) is 31.5 Å². The lowest BCUT2D eigenvalue weighted by molar-refractivity contribution is -0.137. The number of carbonyl (C=O) groups is 1. The lowest BCUT2D eigenvalue weighted by Crippen LogP contribution is -2.49. The summed E-state index contributed by atoms with van der Waals surface area (Å²) in [5.41, 5.74) is -2.37. The van der Waals surface area contributed by atoms with Gasteiger partial charge in [-0.1, -0.05) is 30.3 Å². The Morgan fingerprint density at radius 1 is 1.15 bits per heavy atom. The van der Waals surface area contributed by atoms with E-state index in [-0.39, 0.29) is 23.7 Å². The molecule has 2 heterocycles. The molecule has 3 aromatic rings. The molecule has 12 heteroatoms. The lowest BCUT2D eigenvalue weighted by Gasteiger charge is -2.30. The number of nitrogens with one attached hydrogen (secondary N) is 1. The number of β-amino-alcohol motifs (C(OH)–C–C–N with tert-alkyl or cyclic N) is 1. The van der Waals surface area contributed by atoms with Gasteiger partial charge in [0.05, 0.1) is 17.9 Å². The summed E-state index contributed by atoms with van der Waals surface area (Å²) in [5.74, 6) is -0.745. The Morgan fingerprint density at radius 3 is 2.35 bits per heavy atom. The van der Waals surface area contributed by atoms with Crippen LogP contribution in [0.25, 0.3) is 0 Å². The predicted octanol–water partition coefficient (Wildman–Crippen LogP) is 2.13. The van der Waals surface area contributed by atoms with Crippen LogP contribution < -0.4 is 5.32 Å². The molecule has 1 saturated heterocycles. The SMILES string of the molecule is Cn1cnc(S(=O)(=O)N2C[C@H](NC(=O)c3ccc(C(F)(F)F)cc3)[C@](O)(c3ccccc3)C2)c1. The van der Waals surface area contributed by atoms with Gasteiger partial charge in [-0.2, -0.15) is 17.5 Å². The molecular weight excluding hydrogens is 473 g/mol. The van der Waals surface area contributed by atoms with Crippen LogP contribution >= 0.6 is 0 Å². The highest BCUT2D eigenvalue weighted by atomic mass is 32.2. The van der Waals surface area contributed by atoms with Crippen molar-refractivity contribution in [1.82, 2.24) is 19.2 Å². The summed E-state index contributed by atoms with van der Waals surface area (Å²) in [4.78, 5) is 16.7. The molecule has 2 aromatic carbocycles. The van der Waals surface area contributed by atoms with E-state index in [0.717, 1.165) is 28.6 Å². The van der Waals surface area contributed by atoms with Crippen molar-refractivity contribution in [3.05, 3.63) is 83.8 Å². The highest BCUT2D eigenvalue weighted by Crippen LogP contribution is 2.35. The third-order valence-electron chi connectivity index (χ3n) is 5.72. The number of hydrogen-bond acceptors (Lipinski definition) is 5. The first-order valence-electron chi connectivity index (χ1n) is 10.2. The molecule has 1 amide bonds. The Labute approximate surface area is 193 Å². The van der Waals surface area contributed by atoms with E-state index in [1.165, 1.54) is 17.1 Å². The summed E-state index contributed by atoms with van der Waals surface area (Å²) in [5, 5.41) is 14.0. The molecule has 8 nitrogen and oxygen atoms in total. The number of alkyl halides is 3. The molecule has 0 saturated carbocycles. The van der Waals surface area contributed by atoms with Crippen molar-refractivity contribution in [2.75, 3.05) is 13.1 Å². The van der Waals surface area contributed by atoms with Gasteiger partial charge in [0.2, 0.25) is 0 Å². The first-order valence-corrected chi connectivity index (χ1v) is 11.6. The number of aliphatic hydroxyl groups is 1. The van der Waals surface area contributed by atoms with Gasteiger partial charge in [0, 0.05) is 31.9 Å². The van der Waals surface area contributed by atoms with E-state index >= 15 is 0 Å². The van der Waals surface area contributed by atoms with Gasteiger partial charge in [-0.25, -0.2) is 13.4 Å². The van der Waals surface area contributed by atoms with Crippen molar-refractivity contribution >= 4 is 15.9 Å². The fourth-order valence-electron chi connectivity index (χ4n) is 3.87. The third kappa shape index (κ3) is 4.43. The molecule has 34 heavy (non-hydrogen) atoms. The maximum atomic E-state index is 13.1. The second-order valence-electron chi connectivity index (χ2n) is 8.07. The van der Waals surface area contributed by atoms with Crippen LogP contribution in [0.15, 0.2) is 72.1 Å². The Bertz CT molecular complexity index is 1290. The number of halogens is 3. The minimum absolute atomic E-state index is 0.0607. The van der Waals surface area contributed by atoms with Crippen molar-refractivity contribution in [2.24, 2.45) is 7.05 Å². The molecule has 0 bridgehead atoms. The molecular formula is C22H21F3N4O4S. The molecule has 2 N–H and O–H groups in total. The van der Waals surface area contributed by atoms with Gasteiger partial charge < -0.3 is 15.0 Å². The number of sulfonamides is 1. The Balaban J connectivity index is 1.64. The normalized spacial score (nSPS) is 21.5. The Morgan fingerprint density at radius 2 is 1.79 bits per heavy atom. The summed E-state index contributed by atoms with van der Waals surface area (Å²) in [6, 6.07) is 10.8. The van der Waals surface area contributed by atoms with Crippen LogP contribution in [-0.4, -0.2) is 52.4 Å². The van der Waals surface area contributed by atoms with E-state index in [4.69, 9.17) is 0 Å². The monoisotopic (exact) mass is 494 g/mol. The number of hydrogen-bond donors (Lipinski definition) is 2. The van der Waals surface area contributed by atoms with Crippen LogP contribution in [0.4, 0.5) is 13.2 Å². The second-order valence-corrected chi connectivity index (χ2v) is 9.95. The summed E-state index contributed by atoms with van der Waals surface area (Å²) in [6.45, 7) is -0.620. The lowest BCUT2D eigenvalue weighted by atomic mass is 9.89. The zero-order valence-electron chi connectivity index (χ0n) is 17.9. The van der Waals surface area contributed by atoms with Gasteiger partial charge in [-0.05, 0) is 29.8 Å². The number of nitrogens with zero attached hydrogens (tertiary/aromatic N) is 3. The van der Waals surface area contributed by atoms with Crippen molar-refractivity contribution in [2.45, 2.75) is 22.8 Å². The van der Waals surface area contributed by atoms with E-state index in [2.05, 4.69) is 10.3 Å². The van der Waals surface area contributed by atoms with Crippen LogP contribution in [0.5, 0.6) is 0 Å². The molecule has 0 unspecified atom stereocenters. The molecule has 0 spiro atoms. The van der Waals surface area contributed by atoms with Crippen LogP contribution in [0, 0.1) is 0 Å². The number of carbonyl (C=O) groups excluding carboxylic acids is 1. The highest BCUT2D eigenvalue weighted by molar-refractivity contribution is 7.89. The molecule has 1 aromatic heterocycles. The molecule has 2 atom stereocenters. The fraction of sp³-hybridized carbons (Fsp3) is 0.273. The van der Waals surface area contributed by atoms with Crippen molar-refractivity contribution < 1.29 is 31.5 Å². The number of benzene rings is 2. The van der Waals surface area contributed by atoms with E-state index in [1.54, 1.807) is 37.4 Å². The van der Waals surface area contributed by atoms with E-state index in [1.807, 2.05) is 0 Å². The summed E-state index contributed by atoms with van der Waals surface area (Å²) in [6.07, 6.45) is -1.89. The molecule has 0 radical (unpaired) electrons. The van der Waals surface area contributed by atoms with Crippen molar-refractivity contribution in [3.63, 3.8) is 0 Å². The van der Waals surface area contributed by atoms with Crippen molar-refractivity contribution in [1.29, 1.82) is 0 Å². The highest BCUT2D eigenvalue weighted by Gasteiger charge is 2.51. The number of rotatable bonds is 5. The maximum Gasteiger partial charge on any atom is 0.416 e. The zero-order valence-corrected chi connectivity index (χ0v) is 18.7. The summed E-state index contributed by atoms with van der Waals surface area (Å²) in [7, 11) is -2.47. The van der Waals surface area contributed by atoms with Crippen molar-refractivity contribution in [3.8, 4) is 0 Å². The molecule has 0 aliphatic carbocycles. The third-order valence-corrected chi connectivity index (χ3v) is 7.42. The molecule has 4 rings (SSSR count). The number of aromatic nitrogens is 2. The number of aryl methyl sites for hydroxylation is 1. The molecule has 180 valence electrons. The van der Waals surface area contributed by atoms with Crippen LogP contribution in [-0.2, 0) is 28.8 Å². The van der Waals surface area contributed by atoms with Gasteiger partial charge >= 0.3 is 6.18 Å². The van der Waals surface area contributed by atoms with E-state index < -0.39 is 39.3 Å². The number of imidazole rings is 1. The first-order chi connectivity index (χ1) is 15.9. The zero-order chi connectivity index (χ0) is 24.7. The van der Waals surface area contributed by atoms with Crippen LogP contribution in [0.3, 0.4) is 0 Å². The van der Waals surface area contributed by atoms with Gasteiger partial charge in [0.25, 0.3) is 15.9 Å². The molecule has 1 aliphatic rings. The maximum absolute atomic E-state index is 13.1. The standard InChI is InChI=1S/C22H21F3N4O4S/c1-28-12-19(26-14-28)34(32,33)29-11-18(21(31,13-29)16-5-3-2-4-6-16)27-20(30)15-7-9-17(10-8-15)22(23,24)25/h2-10,12,14,18,31H,11,13H2,1H3,(H,27,30)/t18-,21+/m0/s1. The summed E-state index contributed by atoms with van der Waals surface area (Å²) >= 11 is 0. The van der Waals surface area contributed by atoms with Gasteiger partial charge in [0.1, 0.15) is 5.60 Å². The largest absolute Gasteiger partial charge is 0.416 e. The van der Waals surface area contributed by atoms with Gasteiger partial charge in [-0.15, -0.1) is 0 Å².